The normalized spacial score (nSPS) is 26.2. The van der Waals surface area contributed by atoms with Gasteiger partial charge in [0.2, 0.25) is 0 Å². The number of hydrogen-bond acceptors (Lipinski definition) is 6. The molecule has 2 aromatic heterocycles. The first-order chi connectivity index (χ1) is 11.7. The number of fused-ring (bicyclic) bond motifs is 1. The highest BCUT2D eigenvalue weighted by Gasteiger charge is 2.34. The second-order valence-electron chi connectivity index (χ2n) is 6.89. The van der Waals surface area contributed by atoms with Gasteiger partial charge in [0.1, 0.15) is 5.82 Å². The summed E-state index contributed by atoms with van der Waals surface area (Å²) >= 11 is 0. The number of aryl methyl sites for hydroxylation is 1. The van der Waals surface area contributed by atoms with Crippen molar-refractivity contribution in [1.82, 2.24) is 25.8 Å². The number of nitrogens with zero attached hydrogens (tertiary/aromatic N) is 3. The molecule has 0 spiro atoms. The molecular weight excluding hydrogens is 300 g/mol. The summed E-state index contributed by atoms with van der Waals surface area (Å²) in [6.45, 7) is 5.21. The van der Waals surface area contributed by atoms with Crippen LogP contribution in [0.2, 0.25) is 0 Å². The smallest absolute Gasteiger partial charge is 0.161 e. The lowest BCUT2D eigenvalue weighted by molar-refractivity contribution is 0.314. The highest BCUT2D eigenvalue weighted by molar-refractivity contribution is 5.59. The van der Waals surface area contributed by atoms with Gasteiger partial charge in [0.15, 0.2) is 5.82 Å². The van der Waals surface area contributed by atoms with Crippen molar-refractivity contribution in [2.24, 2.45) is 5.92 Å². The highest BCUT2D eigenvalue weighted by Crippen LogP contribution is 2.30. The average Bonchev–Trinajstić information content (AvgIpc) is 3.07. The van der Waals surface area contributed by atoms with Crippen LogP contribution in [0.4, 0.5) is 5.82 Å². The summed E-state index contributed by atoms with van der Waals surface area (Å²) in [4.78, 5) is 13.5. The summed E-state index contributed by atoms with van der Waals surface area (Å²) in [6, 6.07) is 5.01. The van der Waals surface area contributed by atoms with E-state index in [1.165, 1.54) is 19.3 Å². The molecule has 3 unspecified atom stereocenters. The third-order valence-corrected chi connectivity index (χ3v) is 5.30. The molecule has 24 heavy (non-hydrogen) atoms. The molecule has 4 rings (SSSR count). The molecule has 2 aromatic rings. The molecule has 2 fully saturated rings. The predicted octanol–water partition coefficient (Wildman–Crippen LogP) is 2.21. The van der Waals surface area contributed by atoms with Gasteiger partial charge < -0.3 is 5.32 Å². The number of hydrazine groups is 1. The largest absolute Gasteiger partial charge is 0.367 e. The maximum Gasteiger partial charge on any atom is 0.161 e. The van der Waals surface area contributed by atoms with E-state index in [0.717, 1.165) is 35.0 Å². The average molecular weight is 324 g/mol. The van der Waals surface area contributed by atoms with Crippen molar-refractivity contribution >= 4 is 5.82 Å². The summed E-state index contributed by atoms with van der Waals surface area (Å²) in [6.07, 6.45) is 7.11. The van der Waals surface area contributed by atoms with E-state index >= 15 is 0 Å². The Hall–Kier alpha value is -2.05. The van der Waals surface area contributed by atoms with E-state index in [4.69, 9.17) is 4.98 Å². The Labute approximate surface area is 142 Å². The number of pyridine rings is 1. The minimum absolute atomic E-state index is 0.478. The molecular formula is C18H24N6. The van der Waals surface area contributed by atoms with Crippen molar-refractivity contribution in [2.75, 3.05) is 11.9 Å². The van der Waals surface area contributed by atoms with E-state index in [1.807, 2.05) is 12.1 Å². The Morgan fingerprint density at radius 2 is 1.96 bits per heavy atom. The van der Waals surface area contributed by atoms with E-state index in [9.17, 15) is 0 Å². The minimum atomic E-state index is 0.478. The van der Waals surface area contributed by atoms with Gasteiger partial charge in [-0.2, -0.15) is 0 Å². The van der Waals surface area contributed by atoms with Crippen LogP contribution in [0.1, 0.15) is 30.5 Å². The van der Waals surface area contributed by atoms with E-state index in [-0.39, 0.29) is 0 Å². The quantitative estimate of drug-likeness (QED) is 0.804. The van der Waals surface area contributed by atoms with Crippen molar-refractivity contribution in [1.29, 1.82) is 0 Å². The molecule has 2 aliphatic rings. The zero-order valence-electron chi connectivity index (χ0n) is 14.2. The first kappa shape index (κ1) is 15.5. The molecule has 1 aliphatic carbocycles. The van der Waals surface area contributed by atoms with Gasteiger partial charge in [0, 0.05) is 47.8 Å². The van der Waals surface area contributed by atoms with Crippen LogP contribution in [0, 0.1) is 19.8 Å². The lowest BCUT2D eigenvalue weighted by Gasteiger charge is -2.32. The zero-order chi connectivity index (χ0) is 16.5. The fourth-order valence-corrected chi connectivity index (χ4v) is 3.72. The molecule has 1 saturated heterocycles. The minimum Gasteiger partial charge on any atom is -0.367 e. The number of nitrogens with one attached hydrogen (secondary N) is 3. The van der Waals surface area contributed by atoms with Gasteiger partial charge >= 0.3 is 0 Å². The molecule has 6 nitrogen and oxygen atoms in total. The van der Waals surface area contributed by atoms with E-state index in [0.29, 0.717) is 18.0 Å². The van der Waals surface area contributed by atoms with Crippen LogP contribution in [0.5, 0.6) is 0 Å². The molecule has 126 valence electrons. The molecule has 1 aliphatic heterocycles. The number of rotatable bonds is 3. The van der Waals surface area contributed by atoms with Gasteiger partial charge in [-0.15, -0.1) is 0 Å². The fourth-order valence-electron chi connectivity index (χ4n) is 3.72. The van der Waals surface area contributed by atoms with Crippen molar-refractivity contribution in [2.45, 2.75) is 45.2 Å². The van der Waals surface area contributed by atoms with Gasteiger partial charge in [-0.05, 0) is 51.2 Å². The number of hydrogen-bond donors (Lipinski definition) is 3. The summed E-state index contributed by atoms with van der Waals surface area (Å²) in [5, 5.41) is 3.69. The van der Waals surface area contributed by atoms with Crippen LogP contribution in [0.15, 0.2) is 24.5 Å². The van der Waals surface area contributed by atoms with Crippen molar-refractivity contribution in [3.8, 4) is 11.4 Å². The SMILES string of the molecule is Cc1nc(-c2ccncc2)nc(NC2CCC3NNCC3C2)c1C. The Balaban J connectivity index is 1.57. The van der Waals surface area contributed by atoms with Gasteiger partial charge in [0.05, 0.1) is 0 Å². The molecule has 1 saturated carbocycles. The lowest BCUT2D eigenvalue weighted by atomic mass is 9.83. The van der Waals surface area contributed by atoms with E-state index in [2.05, 4.69) is 40.0 Å². The Morgan fingerprint density at radius 3 is 2.79 bits per heavy atom. The predicted molar refractivity (Wildman–Crippen MR) is 94.4 cm³/mol. The monoisotopic (exact) mass is 324 g/mol. The van der Waals surface area contributed by atoms with Crippen LogP contribution in [0.25, 0.3) is 11.4 Å². The third-order valence-electron chi connectivity index (χ3n) is 5.30. The first-order valence-corrected chi connectivity index (χ1v) is 8.71. The Morgan fingerprint density at radius 1 is 1.12 bits per heavy atom. The van der Waals surface area contributed by atoms with Gasteiger partial charge in [-0.3, -0.25) is 15.8 Å². The second kappa shape index (κ2) is 6.45. The molecule has 0 radical (unpaired) electrons. The van der Waals surface area contributed by atoms with Crippen LogP contribution in [-0.4, -0.2) is 33.6 Å². The maximum atomic E-state index is 4.80. The highest BCUT2D eigenvalue weighted by atomic mass is 15.4. The lowest BCUT2D eigenvalue weighted by Crippen LogP contribution is -2.39. The van der Waals surface area contributed by atoms with Crippen molar-refractivity contribution in [3.63, 3.8) is 0 Å². The molecule has 3 heterocycles. The second-order valence-corrected chi connectivity index (χ2v) is 6.89. The number of anilines is 1. The van der Waals surface area contributed by atoms with Crippen LogP contribution >= 0.6 is 0 Å². The van der Waals surface area contributed by atoms with E-state index in [1.54, 1.807) is 12.4 Å². The van der Waals surface area contributed by atoms with Crippen LogP contribution in [0.3, 0.4) is 0 Å². The van der Waals surface area contributed by atoms with Crippen molar-refractivity contribution in [3.05, 3.63) is 35.8 Å². The summed E-state index contributed by atoms with van der Waals surface area (Å²) < 4.78 is 0. The first-order valence-electron chi connectivity index (χ1n) is 8.71. The standard InChI is InChI=1S/C18H24N6/c1-11-12(2)21-18(13-5-7-19-8-6-13)23-17(11)22-15-3-4-16-14(9-15)10-20-24-16/h5-8,14-16,20,24H,3-4,9-10H2,1-2H3,(H,21,22,23). The third kappa shape index (κ3) is 2.99. The van der Waals surface area contributed by atoms with Crippen molar-refractivity contribution < 1.29 is 0 Å². The van der Waals surface area contributed by atoms with Gasteiger partial charge in [-0.25, -0.2) is 9.97 Å². The van der Waals surface area contributed by atoms with E-state index < -0.39 is 0 Å². The fraction of sp³-hybridized carbons (Fsp3) is 0.500. The zero-order valence-corrected chi connectivity index (χ0v) is 14.2. The molecule has 0 bridgehead atoms. The Bertz CT molecular complexity index is 717. The molecule has 3 atom stereocenters. The maximum absolute atomic E-state index is 4.80. The van der Waals surface area contributed by atoms with Gasteiger partial charge in [0.25, 0.3) is 0 Å². The summed E-state index contributed by atoms with van der Waals surface area (Å²) in [5.74, 6) is 2.44. The van der Waals surface area contributed by atoms with Gasteiger partial charge in [-0.1, -0.05) is 0 Å². The molecule has 3 N–H and O–H groups in total. The summed E-state index contributed by atoms with van der Waals surface area (Å²) in [5.41, 5.74) is 9.84. The molecule has 0 amide bonds. The topological polar surface area (TPSA) is 74.8 Å². The van der Waals surface area contributed by atoms with Crippen LogP contribution < -0.4 is 16.2 Å². The Kier molecular flexibility index (Phi) is 4.16. The van der Waals surface area contributed by atoms with Crippen LogP contribution in [-0.2, 0) is 0 Å². The number of aromatic nitrogens is 3. The molecule has 6 heteroatoms. The summed E-state index contributed by atoms with van der Waals surface area (Å²) in [7, 11) is 0. The molecule has 0 aromatic carbocycles.